The van der Waals surface area contributed by atoms with Gasteiger partial charge < -0.3 is 10.2 Å². The molecule has 178 valence electrons. The molecular weight excluding hydrogens is 442 g/mol. The molecule has 2 aliphatic rings. The normalized spacial score (nSPS) is 19.2. The van der Waals surface area contributed by atoms with Gasteiger partial charge in [0.2, 0.25) is 5.91 Å². The van der Waals surface area contributed by atoms with E-state index in [1.165, 1.54) is 29.7 Å². The Kier molecular flexibility index (Phi) is 7.19. The van der Waals surface area contributed by atoms with Crippen molar-refractivity contribution in [1.82, 2.24) is 19.9 Å². The first-order valence-electron chi connectivity index (χ1n) is 12.5. The van der Waals surface area contributed by atoms with E-state index >= 15 is 0 Å². The Labute approximate surface area is 205 Å². The Morgan fingerprint density at radius 1 is 1.09 bits per heavy atom. The van der Waals surface area contributed by atoms with Crippen LogP contribution in [0.25, 0.3) is 0 Å². The van der Waals surface area contributed by atoms with E-state index in [1.54, 1.807) is 11.3 Å². The highest BCUT2D eigenvalue weighted by Gasteiger charge is 2.31. The van der Waals surface area contributed by atoms with Crippen LogP contribution in [0.5, 0.6) is 0 Å². The second-order valence-electron chi connectivity index (χ2n) is 9.60. The number of benzene rings is 1. The molecule has 34 heavy (non-hydrogen) atoms. The topological polar surface area (TPSA) is 71.0 Å². The highest BCUT2D eigenvalue weighted by atomic mass is 32.1. The molecule has 1 saturated heterocycles. The first kappa shape index (κ1) is 23.0. The second kappa shape index (κ2) is 10.6. The average molecular weight is 476 g/mol. The molecule has 0 unspecified atom stereocenters. The Morgan fingerprint density at radius 2 is 1.91 bits per heavy atom. The van der Waals surface area contributed by atoms with E-state index in [4.69, 9.17) is 4.98 Å². The molecule has 1 N–H and O–H groups in total. The third kappa shape index (κ3) is 5.63. The highest BCUT2D eigenvalue weighted by molar-refractivity contribution is 7.15. The molecule has 7 heteroatoms. The van der Waals surface area contributed by atoms with Crippen molar-refractivity contribution in [3.63, 3.8) is 0 Å². The summed E-state index contributed by atoms with van der Waals surface area (Å²) in [5, 5.41) is 4.23. The van der Waals surface area contributed by atoms with Crippen LogP contribution >= 0.6 is 11.3 Å². The fraction of sp³-hybridized carbons (Fsp3) is 0.481. The fourth-order valence-electron chi connectivity index (χ4n) is 5.24. The predicted molar refractivity (Wildman–Crippen MR) is 137 cm³/mol. The summed E-state index contributed by atoms with van der Waals surface area (Å²) in [6, 6.07) is 12.5. The van der Waals surface area contributed by atoms with Gasteiger partial charge in [-0.25, -0.2) is 15.0 Å². The van der Waals surface area contributed by atoms with Crippen LogP contribution in [-0.2, 0) is 11.2 Å². The van der Waals surface area contributed by atoms with E-state index in [9.17, 15) is 4.79 Å². The molecule has 2 fully saturated rings. The lowest BCUT2D eigenvalue weighted by molar-refractivity contribution is -0.137. The molecule has 0 radical (unpaired) electrons. The minimum Gasteiger partial charge on any atom is -0.342 e. The van der Waals surface area contributed by atoms with Gasteiger partial charge in [0.1, 0.15) is 11.6 Å². The zero-order valence-electron chi connectivity index (χ0n) is 19.9. The van der Waals surface area contributed by atoms with Crippen LogP contribution in [0, 0.1) is 12.8 Å². The quantitative estimate of drug-likeness (QED) is 0.483. The molecule has 1 atom stereocenters. The number of nitrogens with one attached hydrogen (secondary N) is 1. The van der Waals surface area contributed by atoms with Gasteiger partial charge in [-0.2, -0.15) is 0 Å². The average Bonchev–Trinajstić information content (AvgIpc) is 3.31. The van der Waals surface area contributed by atoms with Crippen molar-refractivity contribution in [3.8, 4) is 0 Å². The SMILES string of the molecule is Cc1nc(Nc2ncc(Cc3ccccc3)s2)cc([C@@H]2CCCN(C(=O)C3CCCCC3)C2)n1. The van der Waals surface area contributed by atoms with Crippen molar-refractivity contribution in [2.45, 2.75) is 64.2 Å². The van der Waals surface area contributed by atoms with E-state index in [0.717, 1.165) is 67.7 Å². The lowest BCUT2D eigenvalue weighted by atomic mass is 9.86. The maximum absolute atomic E-state index is 13.1. The van der Waals surface area contributed by atoms with Gasteiger partial charge in [-0.3, -0.25) is 4.79 Å². The Balaban J connectivity index is 1.26. The van der Waals surface area contributed by atoms with Gasteiger partial charge in [-0.1, -0.05) is 49.6 Å². The fourth-order valence-corrected chi connectivity index (χ4v) is 6.10. The first-order chi connectivity index (χ1) is 16.6. The van der Waals surface area contributed by atoms with Gasteiger partial charge >= 0.3 is 0 Å². The summed E-state index contributed by atoms with van der Waals surface area (Å²) in [6.07, 6.45) is 10.7. The number of hydrogen-bond acceptors (Lipinski definition) is 6. The number of amides is 1. The molecule has 3 heterocycles. The molecule has 6 nitrogen and oxygen atoms in total. The molecule has 3 aromatic rings. The number of carbonyl (C=O) groups excluding carboxylic acids is 1. The number of rotatable bonds is 6. The van der Waals surface area contributed by atoms with Crippen LogP contribution in [0.3, 0.4) is 0 Å². The maximum Gasteiger partial charge on any atom is 0.225 e. The van der Waals surface area contributed by atoms with Crippen LogP contribution in [0.2, 0.25) is 0 Å². The van der Waals surface area contributed by atoms with E-state index in [1.807, 2.05) is 25.3 Å². The van der Waals surface area contributed by atoms with Crippen molar-refractivity contribution >= 4 is 28.2 Å². The summed E-state index contributed by atoms with van der Waals surface area (Å²) in [5.74, 6) is 2.37. The standard InChI is InChI=1S/C27H33N5OS/c1-19-29-24(22-13-8-14-32(18-22)26(33)21-11-6-3-7-12-21)16-25(30-19)31-27-28-17-23(34-27)15-20-9-4-2-5-10-20/h2,4-5,9-10,16-17,21-22H,3,6-8,11-15,18H2,1H3,(H,28,29,30,31)/t22-/m1/s1. The summed E-state index contributed by atoms with van der Waals surface area (Å²) in [7, 11) is 0. The van der Waals surface area contributed by atoms with Crippen LogP contribution in [0.15, 0.2) is 42.6 Å². The summed E-state index contributed by atoms with van der Waals surface area (Å²) < 4.78 is 0. The molecule has 5 rings (SSSR count). The van der Waals surface area contributed by atoms with Gasteiger partial charge in [-0.05, 0) is 38.2 Å². The van der Waals surface area contributed by atoms with E-state index in [0.29, 0.717) is 5.91 Å². The van der Waals surface area contributed by atoms with Gasteiger partial charge in [0.15, 0.2) is 5.13 Å². The number of nitrogens with zero attached hydrogens (tertiary/aromatic N) is 4. The predicted octanol–water partition coefficient (Wildman–Crippen LogP) is 5.86. The summed E-state index contributed by atoms with van der Waals surface area (Å²) in [6.45, 7) is 3.58. The third-order valence-electron chi connectivity index (χ3n) is 6.97. The van der Waals surface area contributed by atoms with Crippen molar-refractivity contribution in [3.05, 3.63) is 64.6 Å². The van der Waals surface area contributed by atoms with Crippen LogP contribution in [0.4, 0.5) is 10.9 Å². The number of carbonyl (C=O) groups is 1. The highest BCUT2D eigenvalue weighted by Crippen LogP contribution is 2.32. The van der Waals surface area contributed by atoms with Crippen LogP contribution in [-0.4, -0.2) is 38.8 Å². The molecule has 2 aromatic heterocycles. The number of anilines is 2. The molecule has 1 aromatic carbocycles. The minimum absolute atomic E-state index is 0.229. The second-order valence-corrected chi connectivity index (χ2v) is 10.7. The molecule has 1 aliphatic heterocycles. The molecule has 0 bridgehead atoms. The summed E-state index contributed by atoms with van der Waals surface area (Å²) in [5.41, 5.74) is 2.31. The number of aryl methyl sites for hydroxylation is 1. The Bertz CT molecular complexity index is 1110. The van der Waals surface area contributed by atoms with Gasteiger partial charge in [0, 0.05) is 48.5 Å². The number of piperidine rings is 1. The third-order valence-corrected chi connectivity index (χ3v) is 7.89. The number of thiazole rings is 1. The van der Waals surface area contributed by atoms with Gasteiger partial charge in [0.25, 0.3) is 0 Å². The van der Waals surface area contributed by atoms with Gasteiger partial charge in [-0.15, -0.1) is 11.3 Å². The number of hydrogen-bond donors (Lipinski definition) is 1. The van der Waals surface area contributed by atoms with Crippen molar-refractivity contribution < 1.29 is 4.79 Å². The lowest BCUT2D eigenvalue weighted by Gasteiger charge is -2.35. The molecule has 1 saturated carbocycles. The summed E-state index contributed by atoms with van der Waals surface area (Å²) in [4.78, 5) is 30.4. The Hall–Kier alpha value is -2.80. The smallest absolute Gasteiger partial charge is 0.225 e. The maximum atomic E-state index is 13.1. The van der Waals surface area contributed by atoms with Gasteiger partial charge in [0.05, 0.1) is 5.69 Å². The van der Waals surface area contributed by atoms with Crippen molar-refractivity contribution in [1.29, 1.82) is 0 Å². The lowest BCUT2D eigenvalue weighted by Crippen LogP contribution is -2.43. The zero-order chi connectivity index (χ0) is 23.3. The van der Waals surface area contributed by atoms with Crippen molar-refractivity contribution in [2.24, 2.45) is 5.92 Å². The zero-order valence-corrected chi connectivity index (χ0v) is 20.7. The van der Waals surface area contributed by atoms with E-state index < -0.39 is 0 Å². The molecule has 0 spiro atoms. The van der Waals surface area contributed by atoms with E-state index in [2.05, 4.69) is 44.5 Å². The Morgan fingerprint density at radius 3 is 2.74 bits per heavy atom. The monoisotopic (exact) mass is 475 g/mol. The number of likely N-dealkylation sites (tertiary alicyclic amines) is 1. The van der Waals surface area contributed by atoms with E-state index in [-0.39, 0.29) is 11.8 Å². The summed E-state index contributed by atoms with van der Waals surface area (Å²) >= 11 is 1.65. The molecule has 1 amide bonds. The largest absolute Gasteiger partial charge is 0.342 e. The molecule has 1 aliphatic carbocycles. The number of aromatic nitrogens is 3. The van der Waals surface area contributed by atoms with Crippen molar-refractivity contribution in [2.75, 3.05) is 18.4 Å². The van der Waals surface area contributed by atoms with Crippen LogP contribution in [0.1, 0.15) is 72.8 Å². The van der Waals surface area contributed by atoms with Crippen LogP contribution < -0.4 is 5.32 Å². The molecular formula is C27H33N5OS. The minimum atomic E-state index is 0.229. The first-order valence-corrected chi connectivity index (χ1v) is 13.4.